The van der Waals surface area contributed by atoms with Crippen molar-refractivity contribution in [2.75, 3.05) is 6.61 Å². The van der Waals surface area contributed by atoms with E-state index in [0.29, 0.717) is 42.7 Å². The lowest BCUT2D eigenvalue weighted by Gasteiger charge is -2.37. The van der Waals surface area contributed by atoms with Crippen LogP contribution >= 0.6 is 0 Å². The van der Waals surface area contributed by atoms with E-state index in [2.05, 4.69) is 0 Å². The van der Waals surface area contributed by atoms with Gasteiger partial charge in [-0.3, -0.25) is 4.79 Å². The van der Waals surface area contributed by atoms with Crippen LogP contribution in [0.3, 0.4) is 0 Å². The molecule has 3 unspecified atom stereocenters. The van der Waals surface area contributed by atoms with Gasteiger partial charge in [0.25, 0.3) is 0 Å². The SMILES string of the molecule is CCOC(=O)c1ccc(OC2=COC3CC(OCc4ccccc4F)CCC3C2=O)cc1. The number of rotatable bonds is 7. The van der Waals surface area contributed by atoms with Crippen molar-refractivity contribution in [3.63, 3.8) is 0 Å². The van der Waals surface area contributed by atoms with E-state index < -0.39 is 5.97 Å². The van der Waals surface area contributed by atoms with E-state index in [-0.39, 0.29) is 42.1 Å². The average molecular weight is 440 g/mol. The predicted octanol–water partition coefficient (Wildman–Crippen LogP) is 4.58. The van der Waals surface area contributed by atoms with Crippen molar-refractivity contribution in [1.29, 1.82) is 0 Å². The molecule has 1 fully saturated rings. The van der Waals surface area contributed by atoms with Crippen molar-refractivity contribution in [3.8, 4) is 5.75 Å². The second-order valence-electron chi connectivity index (χ2n) is 7.81. The molecular weight excluding hydrogens is 415 g/mol. The topological polar surface area (TPSA) is 71.1 Å². The van der Waals surface area contributed by atoms with E-state index in [1.165, 1.54) is 12.3 Å². The van der Waals surface area contributed by atoms with E-state index >= 15 is 0 Å². The fourth-order valence-electron chi connectivity index (χ4n) is 3.98. The number of Topliss-reactive ketones (excluding diaryl/α,β-unsaturated/α-hetero) is 1. The van der Waals surface area contributed by atoms with Gasteiger partial charge in [-0.05, 0) is 50.1 Å². The van der Waals surface area contributed by atoms with Crippen LogP contribution in [0.5, 0.6) is 5.75 Å². The van der Waals surface area contributed by atoms with Gasteiger partial charge in [0, 0.05) is 12.0 Å². The van der Waals surface area contributed by atoms with Crippen LogP contribution in [0.2, 0.25) is 0 Å². The lowest BCUT2D eigenvalue weighted by molar-refractivity contribution is -0.134. The zero-order valence-corrected chi connectivity index (χ0v) is 17.8. The standard InChI is InChI=1S/C25H25FO6/c1-2-29-25(28)16-7-9-18(10-8-16)32-23-15-31-22-13-19(11-12-20(22)24(23)27)30-14-17-5-3-4-6-21(17)26/h3-10,15,19-20,22H,2,11-14H2,1H3. The number of halogens is 1. The first-order valence-corrected chi connectivity index (χ1v) is 10.7. The number of carbonyl (C=O) groups is 2. The van der Waals surface area contributed by atoms with E-state index in [1.54, 1.807) is 49.4 Å². The normalized spacial score (nSPS) is 22.4. The first kappa shape index (κ1) is 22.0. The summed E-state index contributed by atoms with van der Waals surface area (Å²) in [5, 5.41) is 0. The highest BCUT2D eigenvalue weighted by atomic mass is 19.1. The number of ether oxygens (including phenoxy) is 4. The number of hydrogen-bond acceptors (Lipinski definition) is 6. The minimum Gasteiger partial charge on any atom is -0.493 e. The molecule has 4 rings (SSSR count). The highest BCUT2D eigenvalue weighted by Crippen LogP contribution is 2.35. The van der Waals surface area contributed by atoms with Gasteiger partial charge in [0.05, 0.1) is 30.8 Å². The quantitative estimate of drug-likeness (QED) is 0.587. The molecule has 32 heavy (non-hydrogen) atoms. The first-order valence-electron chi connectivity index (χ1n) is 10.7. The number of fused-ring (bicyclic) bond motifs is 1. The Morgan fingerprint density at radius 1 is 1.12 bits per heavy atom. The maximum Gasteiger partial charge on any atom is 0.338 e. The molecule has 0 amide bonds. The molecule has 1 saturated carbocycles. The average Bonchev–Trinajstić information content (AvgIpc) is 2.81. The van der Waals surface area contributed by atoms with E-state index in [0.717, 1.165) is 0 Å². The molecule has 2 aliphatic rings. The highest BCUT2D eigenvalue weighted by molar-refractivity contribution is 5.96. The summed E-state index contributed by atoms with van der Waals surface area (Å²) in [5.41, 5.74) is 0.924. The van der Waals surface area contributed by atoms with Gasteiger partial charge in [0.15, 0.2) is 0 Å². The van der Waals surface area contributed by atoms with Gasteiger partial charge < -0.3 is 18.9 Å². The van der Waals surface area contributed by atoms with Gasteiger partial charge in [-0.1, -0.05) is 18.2 Å². The number of allylic oxidation sites excluding steroid dienone is 1. The van der Waals surface area contributed by atoms with Crippen LogP contribution in [0.1, 0.15) is 42.1 Å². The fourth-order valence-corrected chi connectivity index (χ4v) is 3.98. The molecule has 6 nitrogen and oxygen atoms in total. The smallest absolute Gasteiger partial charge is 0.338 e. The maximum absolute atomic E-state index is 13.8. The van der Waals surface area contributed by atoms with Crippen molar-refractivity contribution in [1.82, 2.24) is 0 Å². The van der Waals surface area contributed by atoms with Crippen molar-refractivity contribution in [2.24, 2.45) is 5.92 Å². The summed E-state index contributed by atoms with van der Waals surface area (Å²) in [6.45, 7) is 2.23. The van der Waals surface area contributed by atoms with Crippen molar-refractivity contribution in [3.05, 3.63) is 77.5 Å². The van der Waals surface area contributed by atoms with Gasteiger partial charge in [-0.25, -0.2) is 9.18 Å². The molecule has 7 heteroatoms. The lowest BCUT2D eigenvalue weighted by atomic mass is 9.80. The summed E-state index contributed by atoms with van der Waals surface area (Å²) in [6.07, 6.45) is 2.81. The Morgan fingerprint density at radius 3 is 2.66 bits per heavy atom. The molecule has 168 valence electrons. The summed E-state index contributed by atoms with van der Waals surface area (Å²) in [6, 6.07) is 12.9. The molecule has 2 aromatic carbocycles. The maximum atomic E-state index is 13.8. The number of esters is 1. The molecule has 2 aromatic rings. The first-order chi connectivity index (χ1) is 15.5. The van der Waals surface area contributed by atoms with Gasteiger partial charge in [0.1, 0.15) is 23.9 Å². The van der Waals surface area contributed by atoms with Crippen LogP contribution in [0.15, 0.2) is 60.6 Å². The highest BCUT2D eigenvalue weighted by Gasteiger charge is 2.41. The number of ketones is 1. The van der Waals surface area contributed by atoms with Gasteiger partial charge in [-0.15, -0.1) is 0 Å². The zero-order chi connectivity index (χ0) is 22.5. The van der Waals surface area contributed by atoms with E-state index in [1.807, 2.05) is 0 Å². The summed E-state index contributed by atoms with van der Waals surface area (Å²) >= 11 is 0. The molecular formula is C25H25FO6. The third-order valence-corrected chi connectivity index (χ3v) is 5.70. The molecule has 0 N–H and O–H groups in total. The third kappa shape index (κ3) is 4.99. The summed E-state index contributed by atoms with van der Waals surface area (Å²) < 4.78 is 36.1. The van der Waals surface area contributed by atoms with Crippen LogP contribution in [-0.4, -0.2) is 30.6 Å². The monoisotopic (exact) mass is 440 g/mol. The van der Waals surface area contributed by atoms with Crippen LogP contribution < -0.4 is 4.74 Å². The van der Waals surface area contributed by atoms with Crippen LogP contribution in [0.25, 0.3) is 0 Å². The largest absolute Gasteiger partial charge is 0.493 e. The molecule has 0 saturated heterocycles. The Morgan fingerprint density at radius 2 is 1.91 bits per heavy atom. The Balaban J connectivity index is 1.33. The molecule has 0 radical (unpaired) electrons. The summed E-state index contributed by atoms with van der Waals surface area (Å²) in [4.78, 5) is 24.7. The van der Waals surface area contributed by atoms with Crippen LogP contribution in [0, 0.1) is 11.7 Å². The van der Waals surface area contributed by atoms with Crippen LogP contribution in [-0.2, 0) is 25.6 Å². The van der Waals surface area contributed by atoms with Crippen molar-refractivity contribution in [2.45, 2.75) is 45.0 Å². The molecule has 0 bridgehead atoms. The molecule has 0 aromatic heterocycles. The fraction of sp³-hybridized carbons (Fsp3) is 0.360. The predicted molar refractivity (Wildman–Crippen MR) is 113 cm³/mol. The molecule has 1 aliphatic heterocycles. The summed E-state index contributed by atoms with van der Waals surface area (Å²) in [5.74, 6) is -0.537. The zero-order valence-electron chi connectivity index (χ0n) is 17.8. The third-order valence-electron chi connectivity index (χ3n) is 5.70. The van der Waals surface area contributed by atoms with Gasteiger partial charge in [-0.2, -0.15) is 0 Å². The molecule has 3 atom stereocenters. The minimum atomic E-state index is -0.410. The molecule has 1 heterocycles. The van der Waals surface area contributed by atoms with E-state index in [9.17, 15) is 14.0 Å². The second-order valence-corrected chi connectivity index (χ2v) is 7.81. The Hall–Kier alpha value is -3.19. The Labute approximate surface area is 185 Å². The number of carbonyl (C=O) groups excluding carboxylic acids is 2. The lowest BCUT2D eigenvalue weighted by Crippen LogP contribution is -2.42. The Kier molecular flexibility index (Phi) is 6.85. The van der Waals surface area contributed by atoms with Crippen molar-refractivity contribution >= 4 is 11.8 Å². The number of benzene rings is 2. The van der Waals surface area contributed by atoms with Gasteiger partial charge >= 0.3 is 5.97 Å². The Bertz CT molecular complexity index is 1000. The van der Waals surface area contributed by atoms with Crippen molar-refractivity contribution < 1.29 is 32.9 Å². The minimum absolute atomic E-state index is 0.102. The summed E-state index contributed by atoms with van der Waals surface area (Å²) in [7, 11) is 0. The van der Waals surface area contributed by atoms with Gasteiger partial charge in [0.2, 0.25) is 11.5 Å². The van der Waals surface area contributed by atoms with E-state index in [4.69, 9.17) is 18.9 Å². The number of hydrogen-bond donors (Lipinski definition) is 0. The molecule has 1 aliphatic carbocycles. The second kappa shape index (κ2) is 9.96. The van der Waals surface area contributed by atoms with Crippen LogP contribution in [0.4, 0.5) is 4.39 Å². The molecule has 0 spiro atoms.